The number of rotatable bonds is 6. The summed E-state index contributed by atoms with van der Waals surface area (Å²) in [6, 6.07) is 8.96. The summed E-state index contributed by atoms with van der Waals surface area (Å²) in [7, 11) is 0. The largest absolute Gasteiger partial charge is 0.313 e. The van der Waals surface area contributed by atoms with Crippen molar-refractivity contribution in [1.29, 1.82) is 0 Å². The van der Waals surface area contributed by atoms with Crippen LogP contribution in [0.3, 0.4) is 0 Å². The third-order valence-electron chi connectivity index (χ3n) is 3.72. The molecule has 1 aliphatic carbocycles. The monoisotopic (exact) mass is 297 g/mol. The Morgan fingerprint density at radius 3 is 2.42 bits per heavy atom. The van der Waals surface area contributed by atoms with Gasteiger partial charge in [-0.3, -0.25) is 0 Å². The normalized spacial score (nSPS) is 17.3. The molecule has 106 valence electrons. The van der Waals surface area contributed by atoms with Gasteiger partial charge in [-0.1, -0.05) is 49.4 Å². The molecule has 0 bridgehead atoms. The Labute approximate surface area is 126 Å². The predicted molar refractivity (Wildman–Crippen MR) is 87.1 cm³/mol. The molecular weight excluding hydrogens is 274 g/mol. The Morgan fingerprint density at radius 2 is 1.74 bits per heavy atom. The number of benzene rings is 1. The van der Waals surface area contributed by atoms with E-state index in [1.165, 1.54) is 49.8 Å². The van der Waals surface area contributed by atoms with Crippen molar-refractivity contribution in [3.05, 3.63) is 34.9 Å². The van der Waals surface area contributed by atoms with E-state index in [0.717, 1.165) is 23.4 Å². The first-order valence-corrected chi connectivity index (χ1v) is 8.93. The van der Waals surface area contributed by atoms with E-state index in [1.54, 1.807) is 0 Å². The zero-order chi connectivity index (χ0) is 13.3. The van der Waals surface area contributed by atoms with Gasteiger partial charge in [-0.15, -0.1) is 0 Å². The maximum absolute atomic E-state index is 5.88. The molecule has 1 aliphatic rings. The van der Waals surface area contributed by atoms with Gasteiger partial charge in [0, 0.05) is 29.1 Å². The van der Waals surface area contributed by atoms with Gasteiger partial charge in [0.1, 0.15) is 0 Å². The quantitative estimate of drug-likeness (QED) is 0.593. The maximum Gasteiger partial charge on any atom is 0.0406 e. The van der Waals surface area contributed by atoms with Gasteiger partial charge in [0.2, 0.25) is 0 Å². The standard InChI is InChI=1S/C16H24ClNS/c17-15-9-7-14(8-10-15)13-19-12-11-18-16-5-3-1-2-4-6-16/h7-10,16,18H,1-6,11-13H2. The molecule has 1 aromatic carbocycles. The van der Waals surface area contributed by atoms with Crippen LogP contribution in [0.15, 0.2) is 24.3 Å². The number of nitrogens with one attached hydrogen (secondary N) is 1. The zero-order valence-corrected chi connectivity index (χ0v) is 13.1. The molecule has 1 N–H and O–H groups in total. The number of hydrogen-bond donors (Lipinski definition) is 1. The summed E-state index contributed by atoms with van der Waals surface area (Å²) in [5.41, 5.74) is 1.36. The van der Waals surface area contributed by atoms with Gasteiger partial charge in [0.25, 0.3) is 0 Å². The van der Waals surface area contributed by atoms with Crippen LogP contribution in [-0.2, 0) is 5.75 Å². The third kappa shape index (κ3) is 6.20. The molecule has 19 heavy (non-hydrogen) atoms. The molecule has 0 aliphatic heterocycles. The smallest absolute Gasteiger partial charge is 0.0406 e. The lowest BCUT2D eigenvalue weighted by atomic mass is 10.1. The molecule has 1 aromatic rings. The molecule has 1 saturated carbocycles. The van der Waals surface area contributed by atoms with Crippen molar-refractivity contribution in [3.8, 4) is 0 Å². The molecule has 0 unspecified atom stereocenters. The minimum atomic E-state index is 0.777. The highest BCUT2D eigenvalue weighted by molar-refractivity contribution is 7.98. The van der Waals surface area contributed by atoms with Crippen LogP contribution in [0, 0.1) is 0 Å². The van der Waals surface area contributed by atoms with Crippen LogP contribution in [0.25, 0.3) is 0 Å². The topological polar surface area (TPSA) is 12.0 Å². The van der Waals surface area contributed by atoms with Gasteiger partial charge in [-0.05, 0) is 30.5 Å². The van der Waals surface area contributed by atoms with E-state index >= 15 is 0 Å². The minimum absolute atomic E-state index is 0.777. The molecule has 1 nitrogen and oxygen atoms in total. The molecule has 1 fully saturated rings. The molecule has 0 spiro atoms. The van der Waals surface area contributed by atoms with Crippen molar-refractivity contribution in [2.45, 2.75) is 50.3 Å². The fourth-order valence-corrected chi connectivity index (χ4v) is 3.55. The van der Waals surface area contributed by atoms with E-state index in [1.807, 2.05) is 23.9 Å². The summed E-state index contributed by atoms with van der Waals surface area (Å²) in [5, 5.41) is 4.54. The van der Waals surface area contributed by atoms with Crippen LogP contribution in [0.1, 0.15) is 44.1 Å². The second-order valence-electron chi connectivity index (χ2n) is 5.32. The van der Waals surface area contributed by atoms with Gasteiger partial charge in [-0.2, -0.15) is 11.8 Å². The summed E-state index contributed by atoms with van der Waals surface area (Å²) < 4.78 is 0. The second-order valence-corrected chi connectivity index (χ2v) is 6.86. The summed E-state index contributed by atoms with van der Waals surface area (Å²) in [6.45, 7) is 1.14. The van der Waals surface area contributed by atoms with E-state index in [9.17, 15) is 0 Å². The summed E-state index contributed by atoms with van der Waals surface area (Å²) in [6.07, 6.45) is 8.45. The highest BCUT2D eigenvalue weighted by atomic mass is 35.5. The van der Waals surface area contributed by atoms with Gasteiger partial charge in [-0.25, -0.2) is 0 Å². The number of thioether (sulfide) groups is 1. The Morgan fingerprint density at radius 1 is 1.05 bits per heavy atom. The molecule has 0 radical (unpaired) electrons. The molecule has 0 atom stereocenters. The Kier molecular flexibility index (Phi) is 7.11. The molecule has 3 heteroatoms. The van der Waals surface area contributed by atoms with Crippen LogP contribution < -0.4 is 5.32 Å². The first kappa shape index (κ1) is 15.2. The number of halogens is 1. The minimum Gasteiger partial charge on any atom is -0.313 e. The molecular formula is C16H24ClNS. The maximum atomic E-state index is 5.88. The SMILES string of the molecule is Clc1ccc(CSCCNC2CCCCCC2)cc1. The van der Waals surface area contributed by atoms with Crippen LogP contribution in [0.5, 0.6) is 0 Å². The van der Waals surface area contributed by atoms with Crippen molar-refractivity contribution < 1.29 is 0 Å². The lowest BCUT2D eigenvalue weighted by Gasteiger charge is -2.15. The highest BCUT2D eigenvalue weighted by Crippen LogP contribution is 2.18. The van der Waals surface area contributed by atoms with Crippen LogP contribution >= 0.6 is 23.4 Å². The predicted octanol–water partition coefficient (Wildman–Crippen LogP) is 4.89. The fourth-order valence-electron chi connectivity index (χ4n) is 2.59. The van der Waals surface area contributed by atoms with Crippen molar-refractivity contribution in [2.75, 3.05) is 12.3 Å². The van der Waals surface area contributed by atoms with E-state index in [0.29, 0.717) is 0 Å². The van der Waals surface area contributed by atoms with E-state index in [-0.39, 0.29) is 0 Å². The summed E-state index contributed by atoms with van der Waals surface area (Å²) in [5.74, 6) is 2.28. The van der Waals surface area contributed by atoms with Crippen LogP contribution in [0.2, 0.25) is 5.02 Å². The Bertz CT molecular complexity index is 344. The average Bonchev–Trinajstić information content (AvgIpc) is 2.69. The molecule has 0 saturated heterocycles. The zero-order valence-electron chi connectivity index (χ0n) is 11.5. The van der Waals surface area contributed by atoms with E-state index in [4.69, 9.17) is 11.6 Å². The summed E-state index contributed by atoms with van der Waals surface area (Å²) in [4.78, 5) is 0. The highest BCUT2D eigenvalue weighted by Gasteiger charge is 2.10. The number of hydrogen-bond acceptors (Lipinski definition) is 2. The fraction of sp³-hybridized carbons (Fsp3) is 0.625. The van der Waals surface area contributed by atoms with Crippen molar-refractivity contribution in [2.24, 2.45) is 0 Å². The van der Waals surface area contributed by atoms with Crippen molar-refractivity contribution in [1.82, 2.24) is 5.32 Å². The van der Waals surface area contributed by atoms with Crippen molar-refractivity contribution >= 4 is 23.4 Å². The van der Waals surface area contributed by atoms with Crippen molar-refractivity contribution in [3.63, 3.8) is 0 Å². The molecule has 2 rings (SSSR count). The lowest BCUT2D eigenvalue weighted by molar-refractivity contribution is 0.474. The first-order valence-electron chi connectivity index (χ1n) is 7.40. The first-order chi connectivity index (χ1) is 9.34. The lowest BCUT2D eigenvalue weighted by Crippen LogP contribution is -2.30. The third-order valence-corrected chi connectivity index (χ3v) is 5.00. The van der Waals surface area contributed by atoms with Gasteiger partial charge in [0.05, 0.1) is 0 Å². The van der Waals surface area contributed by atoms with Gasteiger partial charge >= 0.3 is 0 Å². The van der Waals surface area contributed by atoms with Gasteiger partial charge in [0.15, 0.2) is 0 Å². The average molecular weight is 298 g/mol. The molecule has 0 heterocycles. The van der Waals surface area contributed by atoms with Gasteiger partial charge < -0.3 is 5.32 Å². The van der Waals surface area contributed by atoms with E-state index < -0.39 is 0 Å². The second kappa shape index (κ2) is 8.89. The Balaban J connectivity index is 1.55. The van der Waals surface area contributed by atoms with Crippen LogP contribution in [0.4, 0.5) is 0 Å². The van der Waals surface area contributed by atoms with Crippen LogP contribution in [-0.4, -0.2) is 18.3 Å². The molecule has 0 amide bonds. The summed E-state index contributed by atoms with van der Waals surface area (Å²) >= 11 is 7.88. The Hall–Kier alpha value is -0.180. The molecule has 0 aromatic heterocycles. The van der Waals surface area contributed by atoms with E-state index in [2.05, 4.69) is 17.4 Å².